The second kappa shape index (κ2) is 4.99. The quantitative estimate of drug-likeness (QED) is 0.807. The highest BCUT2D eigenvalue weighted by Crippen LogP contribution is 2.35. The summed E-state index contributed by atoms with van der Waals surface area (Å²) in [5, 5.41) is 9.81. The Morgan fingerprint density at radius 1 is 1.53 bits per heavy atom. The maximum absolute atomic E-state index is 11.2. The van der Waals surface area contributed by atoms with Crippen molar-refractivity contribution in [3.05, 3.63) is 11.6 Å². The van der Waals surface area contributed by atoms with Crippen LogP contribution in [0.2, 0.25) is 0 Å². The van der Waals surface area contributed by atoms with Crippen molar-refractivity contribution in [1.29, 1.82) is 0 Å². The number of carboxylic acid groups (broad SMARTS) is 1. The first-order chi connectivity index (χ1) is 7.00. The highest BCUT2D eigenvalue weighted by Gasteiger charge is 2.39. The molecule has 1 aliphatic heterocycles. The summed E-state index contributed by atoms with van der Waals surface area (Å²) in [5.74, 6) is -0.658. The number of likely N-dealkylation sites (tertiary alicyclic amines) is 1. The van der Waals surface area contributed by atoms with E-state index in [0.717, 1.165) is 13.1 Å². The van der Waals surface area contributed by atoms with Crippen molar-refractivity contribution in [3.63, 3.8) is 0 Å². The number of aliphatic carboxylic acids is 1. The van der Waals surface area contributed by atoms with Gasteiger partial charge in [0.2, 0.25) is 0 Å². The number of carbonyl (C=O) groups is 1. The largest absolute Gasteiger partial charge is 0.481 e. The van der Waals surface area contributed by atoms with Crippen LogP contribution in [0, 0.1) is 5.41 Å². The maximum atomic E-state index is 11.2. The first-order valence-corrected chi connectivity index (χ1v) is 5.67. The molecular weight excluding hydrogens is 214 g/mol. The van der Waals surface area contributed by atoms with Crippen LogP contribution in [0.4, 0.5) is 0 Å². The summed E-state index contributed by atoms with van der Waals surface area (Å²) in [6.07, 6.45) is 2.13. The van der Waals surface area contributed by atoms with Crippen molar-refractivity contribution in [2.45, 2.75) is 26.2 Å². The van der Waals surface area contributed by atoms with E-state index in [2.05, 4.69) is 11.5 Å². The lowest BCUT2D eigenvalue weighted by Crippen LogP contribution is -2.44. The normalized spacial score (nSPS) is 21.2. The Morgan fingerprint density at radius 3 is 2.40 bits per heavy atom. The SMILES string of the molecule is C=C(Cl)CN1CCC(CC)(C(=O)O)CC1. The fraction of sp³-hybridized carbons (Fsp3) is 0.727. The highest BCUT2D eigenvalue weighted by atomic mass is 35.5. The van der Waals surface area contributed by atoms with Gasteiger partial charge in [-0.25, -0.2) is 0 Å². The van der Waals surface area contributed by atoms with Gasteiger partial charge >= 0.3 is 5.97 Å². The summed E-state index contributed by atoms with van der Waals surface area (Å²) in [7, 11) is 0. The number of rotatable bonds is 4. The fourth-order valence-corrected chi connectivity index (χ4v) is 2.27. The van der Waals surface area contributed by atoms with E-state index in [1.165, 1.54) is 0 Å². The van der Waals surface area contributed by atoms with Crippen LogP contribution < -0.4 is 0 Å². The van der Waals surface area contributed by atoms with Crippen LogP contribution in [-0.2, 0) is 4.79 Å². The Morgan fingerprint density at radius 2 is 2.07 bits per heavy atom. The monoisotopic (exact) mass is 231 g/mol. The summed E-state index contributed by atoms with van der Waals surface area (Å²) in [5.41, 5.74) is -0.510. The van der Waals surface area contributed by atoms with E-state index in [4.69, 9.17) is 11.6 Å². The van der Waals surface area contributed by atoms with Crippen LogP contribution in [0.15, 0.2) is 11.6 Å². The van der Waals surface area contributed by atoms with Gasteiger partial charge in [-0.2, -0.15) is 0 Å². The molecule has 1 aliphatic rings. The molecule has 86 valence electrons. The van der Waals surface area contributed by atoms with Crippen LogP contribution in [-0.4, -0.2) is 35.6 Å². The van der Waals surface area contributed by atoms with Crippen LogP contribution in [0.3, 0.4) is 0 Å². The van der Waals surface area contributed by atoms with Crippen molar-refractivity contribution in [3.8, 4) is 0 Å². The Labute approximate surface area is 95.7 Å². The van der Waals surface area contributed by atoms with Crippen LogP contribution >= 0.6 is 11.6 Å². The lowest BCUT2D eigenvalue weighted by atomic mass is 9.76. The Kier molecular flexibility index (Phi) is 4.17. The second-order valence-corrected chi connectivity index (χ2v) is 4.77. The molecule has 0 unspecified atom stereocenters. The third kappa shape index (κ3) is 2.95. The van der Waals surface area contributed by atoms with Crippen LogP contribution in [0.1, 0.15) is 26.2 Å². The van der Waals surface area contributed by atoms with Crippen molar-refractivity contribution < 1.29 is 9.90 Å². The summed E-state index contributed by atoms with van der Waals surface area (Å²) < 4.78 is 0. The molecule has 0 aromatic carbocycles. The summed E-state index contributed by atoms with van der Waals surface area (Å²) in [6, 6.07) is 0. The molecule has 0 aromatic heterocycles. The Balaban J connectivity index is 2.53. The summed E-state index contributed by atoms with van der Waals surface area (Å²) in [6.45, 7) is 7.86. The molecule has 3 nitrogen and oxygen atoms in total. The van der Waals surface area contributed by atoms with E-state index in [1.54, 1.807) is 0 Å². The Bertz CT molecular complexity index is 257. The van der Waals surface area contributed by atoms with Gasteiger partial charge < -0.3 is 5.11 Å². The average molecular weight is 232 g/mol. The van der Waals surface area contributed by atoms with Crippen molar-refractivity contribution >= 4 is 17.6 Å². The molecule has 1 rings (SSSR count). The number of hydrogen-bond donors (Lipinski definition) is 1. The van der Waals surface area contributed by atoms with E-state index in [1.807, 2.05) is 6.92 Å². The van der Waals surface area contributed by atoms with Crippen LogP contribution in [0.25, 0.3) is 0 Å². The molecule has 0 amide bonds. The standard InChI is InChI=1S/C11H18ClNO2/c1-3-11(10(14)15)4-6-13(7-5-11)8-9(2)12/h2-8H2,1H3,(H,14,15). The topological polar surface area (TPSA) is 40.5 Å². The van der Waals surface area contributed by atoms with E-state index in [9.17, 15) is 9.90 Å². The lowest BCUT2D eigenvalue weighted by Gasteiger charge is -2.38. The zero-order chi connectivity index (χ0) is 11.5. The smallest absolute Gasteiger partial charge is 0.309 e. The van der Waals surface area contributed by atoms with Gasteiger partial charge in [0.25, 0.3) is 0 Å². The second-order valence-electron chi connectivity index (χ2n) is 4.23. The third-order valence-corrected chi connectivity index (χ3v) is 3.46. The number of carboxylic acids is 1. The summed E-state index contributed by atoms with van der Waals surface area (Å²) in [4.78, 5) is 13.3. The molecule has 15 heavy (non-hydrogen) atoms. The fourth-order valence-electron chi connectivity index (χ4n) is 2.10. The molecule has 0 bridgehead atoms. The molecule has 0 radical (unpaired) electrons. The lowest BCUT2D eigenvalue weighted by molar-refractivity contribution is -0.152. The van der Waals surface area contributed by atoms with E-state index >= 15 is 0 Å². The van der Waals surface area contributed by atoms with Crippen molar-refractivity contribution in [2.75, 3.05) is 19.6 Å². The minimum Gasteiger partial charge on any atom is -0.481 e. The highest BCUT2D eigenvalue weighted by molar-refractivity contribution is 6.29. The first kappa shape index (κ1) is 12.5. The van der Waals surface area contributed by atoms with Gasteiger partial charge in [0.15, 0.2) is 0 Å². The van der Waals surface area contributed by atoms with Crippen LogP contribution in [0.5, 0.6) is 0 Å². The summed E-state index contributed by atoms with van der Waals surface area (Å²) >= 11 is 5.73. The zero-order valence-electron chi connectivity index (χ0n) is 9.13. The average Bonchev–Trinajstić information content (AvgIpc) is 2.18. The van der Waals surface area contributed by atoms with Crippen molar-refractivity contribution in [1.82, 2.24) is 4.90 Å². The molecule has 0 aliphatic carbocycles. The van der Waals surface area contributed by atoms with E-state index in [0.29, 0.717) is 30.8 Å². The maximum Gasteiger partial charge on any atom is 0.309 e. The molecule has 0 aromatic rings. The molecule has 0 saturated carbocycles. The molecule has 0 atom stereocenters. The van der Waals surface area contributed by atoms with Gasteiger partial charge in [-0.05, 0) is 32.4 Å². The van der Waals surface area contributed by atoms with Gasteiger partial charge in [0, 0.05) is 11.6 Å². The van der Waals surface area contributed by atoms with Gasteiger partial charge in [-0.3, -0.25) is 9.69 Å². The number of hydrogen-bond acceptors (Lipinski definition) is 2. The van der Waals surface area contributed by atoms with E-state index < -0.39 is 11.4 Å². The number of nitrogens with zero attached hydrogens (tertiary/aromatic N) is 1. The molecule has 1 fully saturated rings. The zero-order valence-corrected chi connectivity index (χ0v) is 9.89. The molecule has 1 heterocycles. The number of halogens is 1. The first-order valence-electron chi connectivity index (χ1n) is 5.29. The minimum absolute atomic E-state index is 0.510. The van der Waals surface area contributed by atoms with Gasteiger partial charge in [0.1, 0.15) is 0 Å². The van der Waals surface area contributed by atoms with Gasteiger partial charge in [0.05, 0.1) is 5.41 Å². The molecular formula is C11H18ClNO2. The molecule has 4 heteroatoms. The number of piperidine rings is 1. The molecule has 0 spiro atoms. The van der Waals surface area contributed by atoms with Gasteiger partial charge in [-0.15, -0.1) is 0 Å². The van der Waals surface area contributed by atoms with Gasteiger partial charge in [-0.1, -0.05) is 25.1 Å². The Hall–Kier alpha value is -0.540. The van der Waals surface area contributed by atoms with Crippen molar-refractivity contribution in [2.24, 2.45) is 5.41 Å². The minimum atomic E-state index is -0.658. The third-order valence-electron chi connectivity index (χ3n) is 3.34. The van der Waals surface area contributed by atoms with E-state index in [-0.39, 0.29) is 0 Å². The molecule has 1 N–H and O–H groups in total. The molecule has 1 saturated heterocycles. The predicted octanol–water partition coefficient (Wildman–Crippen LogP) is 2.32. The predicted molar refractivity (Wildman–Crippen MR) is 61.0 cm³/mol.